The first kappa shape index (κ1) is 32.7. The molecule has 1 aliphatic heterocycles. The number of ketones is 1. The summed E-state index contributed by atoms with van der Waals surface area (Å²) in [5.74, 6) is -0.00753. The molecule has 0 bridgehead atoms. The van der Waals surface area contributed by atoms with Gasteiger partial charge in [-0.05, 0) is 51.7 Å². The number of imide groups is 1. The highest BCUT2D eigenvalue weighted by atomic mass is 16.2. The zero-order valence-electron chi connectivity index (χ0n) is 24.6. The van der Waals surface area contributed by atoms with Crippen molar-refractivity contribution in [3.63, 3.8) is 0 Å². The number of amides is 2. The maximum Gasteiger partial charge on any atom is 0.229 e. The molecule has 0 aromatic heterocycles. The van der Waals surface area contributed by atoms with Crippen molar-refractivity contribution < 1.29 is 14.4 Å². The van der Waals surface area contributed by atoms with Gasteiger partial charge in [-0.1, -0.05) is 95.1 Å². The topological polar surface area (TPSA) is 75.6 Å². The molecule has 2 aromatic carbocycles. The van der Waals surface area contributed by atoms with E-state index in [9.17, 15) is 14.4 Å². The van der Waals surface area contributed by atoms with Crippen molar-refractivity contribution in [1.29, 1.82) is 0 Å². The van der Waals surface area contributed by atoms with E-state index < -0.39 is 0 Å². The van der Waals surface area contributed by atoms with E-state index >= 15 is 0 Å². The van der Waals surface area contributed by atoms with Crippen molar-refractivity contribution in [1.82, 2.24) is 5.32 Å². The Balaban J connectivity index is 0.000000363. The molecule has 1 fully saturated rings. The van der Waals surface area contributed by atoms with Gasteiger partial charge in [-0.15, -0.1) is 0 Å². The third-order valence-corrected chi connectivity index (χ3v) is 6.00. The number of unbranched alkanes of at least 4 members (excludes halogenated alkanes) is 1. The molecule has 1 unspecified atom stereocenters. The fourth-order valence-corrected chi connectivity index (χ4v) is 3.68. The van der Waals surface area contributed by atoms with Gasteiger partial charge in [0.15, 0.2) is 5.78 Å². The number of carbonyl (C=O) groups excluding carboxylic acids is 3. The van der Waals surface area contributed by atoms with Crippen LogP contribution in [-0.4, -0.2) is 23.3 Å². The maximum absolute atomic E-state index is 12.3. The van der Waals surface area contributed by atoms with E-state index in [2.05, 4.69) is 55.4 Å². The summed E-state index contributed by atoms with van der Waals surface area (Å²) in [6.45, 7) is 16.1. The number of allylic oxidation sites excluding steroid dienone is 1. The van der Waals surface area contributed by atoms with Crippen LogP contribution in [0.3, 0.4) is 0 Å². The van der Waals surface area contributed by atoms with Crippen LogP contribution in [0.5, 0.6) is 0 Å². The van der Waals surface area contributed by atoms with Crippen LogP contribution in [0.15, 0.2) is 59.6 Å². The molecule has 5 nitrogen and oxygen atoms in total. The number of aryl methyl sites for hydroxylation is 2. The molecule has 0 spiro atoms. The number of carbonyl (C=O) groups is 3. The quantitative estimate of drug-likeness (QED) is 0.231. The van der Waals surface area contributed by atoms with Crippen molar-refractivity contribution in [3.05, 3.63) is 76.9 Å². The van der Waals surface area contributed by atoms with E-state index in [0.717, 1.165) is 47.4 Å². The van der Waals surface area contributed by atoms with E-state index in [1.807, 2.05) is 65.0 Å². The van der Waals surface area contributed by atoms with Crippen LogP contribution in [0.25, 0.3) is 5.70 Å². The first-order chi connectivity index (χ1) is 18.0. The van der Waals surface area contributed by atoms with Gasteiger partial charge in [0.25, 0.3) is 0 Å². The summed E-state index contributed by atoms with van der Waals surface area (Å²) in [6.07, 6.45) is 6.35. The first-order valence-electron chi connectivity index (χ1n) is 13.7. The van der Waals surface area contributed by atoms with Gasteiger partial charge in [-0.2, -0.15) is 0 Å². The number of piperidine rings is 1. The lowest BCUT2D eigenvalue weighted by molar-refractivity contribution is -0.135. The molecule has 1 atom stereocenters. The minimum atomic E-state index is -0.141. The van der Waals surface area contributed by atoms with Gasteiger partial charge >= 0.3 is 0 Å². The van der Waals surface area contributed by atoms with Crippen molar-refractivity contribution >= 4 is 29.0 Å². The lowest BCUT2D eigenvalue weighted by Crippen LogP contribution is -2.39. The minimum absolute atomic E-state index is 0.0164. The highest BCUT2D eigenvalue weighted by molar-refractivity contribution is 5.99. The highest BCUT2D eigenvalue weighted by Crippen LogP contribution is 2.23. The second-order valence-electron chi connectivity index (χ2n) is 10.2. The summed E-state index contributed by atoms with van der Waals surface area (Å²) in [5.41, 5.74) is 6.45. The van der Waals surface area contributed by atoms with Crippen molar-refractivity contribution in [2.24, 2.45) is 16.8 Å². The second-order valence-corrected chi connectivity index (χ2v) is 10.2. The Bertz CT molecular complexity index is 1110. The summed E-state index contributed by atoms with van der Waals surface area (Å²) in [5, 5.41) is 2.25. The van der Waals surface area contributed by atoms with Gasteiger partial charge in [0, 0.05) is 35.1 Å². The number of nitrogens with zero attached hydrogens (tertiary/aromatic N) is 1. The maximum atomic E-state index is 12.3. The number of nitrogens with one attached hydrogen (secondary N) is 1. The minimum Gasteiger partial charge on any atom is -0.296 e. The summed E-state index contributed by atoms with van der Waals surface area (Å²) in [7, 11) is 0. The monoisotopic (exact) mass is 518 g/mol. The zero-order chi connectivity index (χ0) is 28.7. The molecular formula is C33H46N2O3. The normalized spacial score (nSPS) is 15.0. The number of benzene rings is 2. The van der Waals surface area contributed by atoms with Crippen molar-refractivity contribution in [3.8, 4) is 0 Å². The van der Waals surface area contributed by atoms with E-state index in [1.165, 1.54) is 5.56 Å². The average molecular weight is 519 g/mol. The lowest BCUT2D eigenvalue weighted by atomic mass is 9.93. The van der Waals surface area contributed by atoms with E-state index in [4.69, 9.17) is 0 Å². The van der Waals surface area contributed by atoms with Crippen molar-refractivity contribution in [2.45, 2.75) is 87.5 Å². The molecule has 38 heavy (non-hydrogen) atoms. The Kier molecular flexibility index (Phi) is 14.8. The highest BCUT2D eigenvalue weighted by Gasteiger charge is 2.21. The van der Waals surface area contributed by atoms with Crippen LogP contribution < -0.4 is 5.32 Å². The van der Waals surface area contributed by atoms with Gasteiger partial charge < -0.3 is 0 Å². The SMILES string of the molecule is CC1CCC(=O)NC1=O.CCC/C=C(\N=C(C)C)c1ccc(C(=O)C(C)C)c(CC)c1.Cc1ccccc1. The van der Waals surface area contributed by atoms with Crippen LogP contribution in [-0.2, 0) is 16.0 Å². The predicted octanol–water partition coefficient (Wildman–Crippen LogP) is 7.76. The van der Waals surface area contributed by atoms with Gasteiger partial charge in [0.2, 0.25) is 11.8 Å². The molecule has 1 aliphatic rings. The Labute approximate surface area is 229 Å². The standard InChI is InChI=1S/C20H29NO.C7H8.C6H9NO2/c1-7-9-10-19(21-15(5)6)17-11-12-18(16(8-2)13-17)20(22)14(3)4;1-7-5-3-2-4-6-7;1-4-2-3-5(8)7-6(4)9/h10-14H,7-9H2,1-6H3;2-6H,1H3;4H,2-3H2,1H3,(H,7,8,9)/b19-10-;;. The number of rotatable bonds is 7. The van der Waals surface area contributed by atoms with Gasteiger partial charge in [-0.3, -0.25) is 24.7 Å². The third-order valence-electron chi connectivity index (χ3n) is 6.00. The summed E-state index contributed by atoms with van der Waals surface area (Å²) in [6, 6.07) is 16.4. The number of aliphatic imine (C=N–C) groups is 1. The molecule has 1 N–H and O–H groups in total. The molecule has 2 aromatic rings. The smallest absolute Gasteiger partial charge is 0.229 e. The molecule has 1 heterocycles. The van der Waals surface area contributed by atoms with Gasteiger partial charge in [-0.25, -0.2) is 0 Å². The fraction of sp³-hybridized carbons (Fsp3) is 0.455. The molecule has 5 heteroatoms. The zero-order valence-corrected chi connectivity index (χ0v) is 24.6. The predicted molar refractivity (Wildman–Crippen MR) is 159 cm³/mol. The molecule has 206 valence electrons. The summed E-state index contributed by atoms with van der Waals surface area (Å²) in [4.78, 5) is 38.1. The molecule has 0 saturated carbocycles. The molecular weight excluding hydrogens is 472 g/mol. The fourth-order valence-electron chi connectivity index (χ4n) is 3.68. The Morgan fingerprint density at radius 1 is 1.08 bits per heavy atom. The van der Waals surface area contributed by atoms with Gasteiger partial charge in [0.1, 0.15) is 0 Å². The van der Waals surface area contributed by atoms with Crippen LogP contribution in [0.1, 0.15) is 101 Å². The van der Waals surface area contributed by atoms with E-state index in [1.54, 1.807) is 0 Å². The molecule has 0 aliphatic carbocycles. The molecule has 3 rings (SSSR count). The second kappa shape index (κ2) is 17.2. The number of hydrogen-bond acceptors (Lipinski definition) is 4. The molecule has 1 saturated heterocycles. The van der Waals surface area contributed by atoms with E-state index in [-0.39, 0.29) is 29.4 Å². The third kappa shape index (κ3) is 11.8. The van der Waals surface area contributed by atoms with Gasteiger partial charge in [0.05, 0.1) is 5.70 Å². The Morgan fingerprint density at radius 3 is 2.18 bits per heavy atom. The summed E-state index contributed by atoms with van der Waals surface area (Å²) >= 11 is 0. The number of hydrogen-bond donors (Lipinski definition) is 1. The summed E-state index contributed by atoms with van der Waals surface area (Å²) < 4.78 is 0. The lowest BCUT2D eigenvalue weighted by Gasteiger charge is -2.15. The Hall–Kier alpha value is -3.34. The van der Waals surface area contributed by atoms with Crippen molar-refractivity contribution in [2.75, 3.05) is 0 Å². The largest absolute Gasteiger partial charge is 0.296 e. The van der Waals surface area contributed by atoms with Crippen LogP contribution in [0.4, 0.5) is 0 Å². The van der Waals surface area contributed by atoms with Crippen LogP contribution in [0, 0.1) is 18.8 Å². The molecule has 0 radical (unpaired) electrons. The molecule has 2 amide bonds. The Morgan fingerprint density at radius 2 is 1.74 bits per heavy atom. The first-order valence-corrected chi connectivity index (χ1v) is 13.7. The average Bonchev–Trinajstić information content (AvgIpc) is 2.89. The van der Waals surface area contributed by atoms with Crippen LogP contribution >= 0.6 is 0 Å². The van der Waals surface area contributed by atoms with Crippen LogP contribution in [0.2, 0.25) is 0 Å². The van der Waals surface area contributed by atoms with E-state index in [0.29, 0.717) is 12.8 Å². The number of Topliss-reactive ketones (excluding diaryl/α,β-unsaturated/α-hetero) is 1.